The van der Waals surface area contributed by atoms with E-state index in [0.717, 1.165) is 37.2 Å². The molecule has 1 atom stereocenters. The zero-order valence-corrected chi connectivity index (χ0v) is 11.1. The Morgan fingerprint density at radius 3 is 2.89 bits per heavy atom. The number of benzene rings is 1. The molecule has 1 aromatic rings. The van der Waals surface area contributed by atoms with Crippen molar-refractivity contribution in [3.8, 4) is 5.75 Å². The standard InChI is InChI=1S/C15H21NO2/c1-3-17-11-7-15(8-11)9-13(16)12-6-10(2)4-5-14(12)18-15/h4-6,11,13H,3,7-9,16H2,1-2H3/t11?,13-,15?/m1/s1. The van der Waals surface area contributed by atoms with Crippen molar-refractivity contribution in [1.82, 2.24) is 0 Å². The smallest absolute Gasteiger partial charge is 0.124 e. The molecule has 3 heteroatoms. The molecule has 1 spiro atoms. The first kappa shape index (κ1) is 12.0. The third-order valence-corrected chi connectivity index (χ3v) is 4.08. The first-order valence-electron chi connectivity index (χ1n) is 6.79. The lowest BCUT2D eigenvalue weighted by Gasteiger charge is -2.51. The van der Waals surface area contributed by atoms with Crippen LogP contribution in [0.1, 0.15) is 43.4 Å². The second-order valence-corrected chi connectivity index (χ2v) is 5.62. The summed E-state index contributed by atoms with van der Waals surface area (Å²) in [6.45, 7) is 4.91. The van der Waals surface area contributed by atoms with Gasteiger partial charge in [-0.15, -0.1) is 0 Å². The van der Waals surface area contributed by atoms with E-state index in [9.17, 15) is 0 Å². The summed E-state index contributed by atoms with van der Waals surface area (Å²) in [4.78, 5) is 0. The van der Waals surface area contributed by atoms with Crippen LogP contribution in [0, 0.1) is 6.92 Å². The molecule has 1 saturated carbocycles. The van der Waals surface area contributed by atoms with E-state index in [4.69, 9.17) is 15.2 Å². The highest BCUT2D eigenvalue weighted by Gasteiger charge is 2.50. The topological polar surface area (TPSA) is 44.5 Å². The zero-order valence-electron chi connectivity index (χ0n) is 11.1. The van der Waals surface area contributed by atoms with Gasteiger partial charge >= 0.3 is 0 Å². The molecule has 0 radical (unpaired) electrons. The maximum Gasteiger partial charge on any atom is 0.124 e. The van der Waals surface area contributed by atoms with Gasteiger partial charge in [-0.25, -0.2) is 0 Å². The predicted molar refractivity (Wildman–Crippen MR) is 70.7 cm³/mol. The van der Waals surface area contributed by atoms with E-state index < -0.39 is 0 Å². The van der Waals surface area contributed by atoms with E-state index in [1.54, 1.807) is 0 Å². The minimum absolute atomic E-state index is 0.0679. The van der Waals surface area contributed by atoms with Gasteiger partial charge in [0.25, 0.3) is 0 Å². The normalized spacial score (nSPS) is 33.7. The molecule has 2 aliphatic rings. The first-order chi connectivity index (χ1) is 8.62. The molecule has 0 aromatic heterocycles. The van der Waals surface area contributed by atoms with Crippen molar-refractivity contribution < 1.29 is 9.47 Å². The van der Waals surface area contributed by atoms with Crippen LogP contribution >= 0.6 is 0 Å². The van der Waals surface area contributed by atoms with Crippen LogP contribution in [0.2, 0.25) is 0 Å². The lowest BCUT2D eigenvalue weighted by molar-refractivity contribution is -0.134. The number of hydrogen-bond donors (Lipinski definition) is 1. The summed E-state index contributed by atoms with van der Waals surface area (Å²) >= 11 is 0. The Morgan fingerprint density at radius 1 is 1.39 bits per heavy atom. The number of fused-ring (bicyclic) bond motifs is 1. The summed E-state index contributed by atoms with van der Waals surface area (Å²) in [7, 11) is 0. The summed E-state index contributed by atoms with van der Waals surface area (Å²) < 4.78 is 11.8. The molecule has 0 saturated heterocycles. The minimum Gasteiger partial charge on any atom is -0.487 e. The summed E-state index contributed by atoms with van der Waals surface area (Å²) in [5.41, 5.74) is 8.62. The summed E-state index contributed by atoms with van der Waals surface area (Å²) in [5, 5.41) is 0. The number of nitrogens with two attached hydrogens (primary N) is 1. The van der Waals surface area contributed by atoms with Crippen LogP contribution in [-0.4, -0.2) is 18.3 Å². The highest BCUT2D eigenvalue weighted by molar-refractivity contribution is 5.42. The number of ether oxygens (including phenoxy) is 2. The van der Waals surface area contributed by atoms with Crippen LogP contribution in [0.25, 0.3) is 0 Å². The van der Waals surface area contributed by atoms with E-state index in [2.05, 4.69) is 25.1 Å². The van der Waals surface area contributed by atoms with Crippen LogP contribution in [0.4, 0.5) is 0 Å². The summed E-state index contributed by atoms with van der Waals surface area (Å²) in [5.74, 6) is 0.967. The van der Waals surface area contributed by atoms with Crippen LogP contribution in [0.3, 0.4) is 0 Å². The second-order valence-electron chi connectivity index (χ2n) is 5.62. The van der Waals surface area contributed by atoms with E-state index in [1.165, 1.54) is 5.56 Å². The highest BCUT2D eigenvalue weighted by atomic mass is 16.5. The fourth-order valence-electron chi connectivity index (χ4n) is 3.21. The van der Waals surface area contributed by atoms with E-state index in [1.807, 2.05) is 6.92 Å². The predicted octanol–water partition coefficient (Wildman–Crippen LogP) is 2.72. The average Bonchev–Trinajstić information content (AvgIpc) is 2.29. The van der Waals surface area contributed by atoms with Crippen molar-refractivity contribution in [2.24, 2.45) is 5.73 Å². The SMILES string of the molecule is CCOC1CC2(C1)C[C@@H](N)c1cc(C)ccc1O2. The molecule has 0 bridgehead atoms. The molecule has 0 unspecified atom stereocenters. The van der Waals surface area contributed by atoms with Gasteiger partial charge in [-0.2, -0.15) is 0 Å². The zero-order chi connectivity index (χ0) is 12.8. The summed E-state index contributed by atoms with van der Waals surface area (Å²) in [6, 6.07) is 6.38. The van der Waals surface area contributed by atoms with Gasteiger partial charge in [-0.05, 0) is 19.9 Å². The molecule has 1 aliphatic heterocycles. The Bertz CT molecular complexity index is 452. The fourth-order valence-corrected chi connectivity index (χ4v) is 3.21. The second kappa shape index (κ2) is 4.25. The molecule has 18 heavy (non-hydrogen) atoms. The van der Waals surface area contributed by atoms with Gasteiger partial charge in [0.2, 0.25) is 0 Å². The van der Waals surface area contributed by atoms with Crippen LogP contribution in [0.5, 0.6) is 5.75 Å². The van der Waals surface area contributed by atoms with Gasteiger partial charge in [-0.3, -0.25) is 0 Å². The Balaban J connectivity index is 1.79. The maximum atomic E-state index is 6.30. The summed E-state index contributed by atoms with van der Waals surface area (Å²) in [6.07, 6.45) is 3.21. The van der Waals surface area contributed by atoms with Crippen molar-refractivity contribution in [3.63, 3.8) is 0 Å². The first-order valence-corrected chi connectivity index (χ1v) is 6.79. The van der Waals surface area contributed by atoms with Gasteiger partial charge in [0, 0.05) is 37.5 Å². The largest absolute Gasteiger partial charge is 0.487 e. The molecule has 98 valence electrons. The van der Waals surface area contributed by atoms with E-state index in [-0.39, 0.29) is 11.6 Å². The number of aryl methyl sites for hydroxylation is 1. The fraction of sp³-hybridized carbons (Fsp3) is 0.600. The number of rotatable bonds is 2. The van der Waals surface area contributed by atoms with Gasteiger partial charge in [0.15, 0.2) is 0 Å². The van der Waals surface area contributed by atoms with Gasteiger partial charge in [0.1, 0.15) is 11.4 Å². The minimum atomic E-state index is -0.0679. The molecule has 0 amide bonds. The third-order valence-electron chi connectivity index (χ3n) is 4.08. The van der Waals surface area contributed by atoms with Gasteiger partial charge in [-0.1, -0.05) is 17.7 Å². The molecule has 1 aromatic carbocycles. The monoisotopic (exact) mass is 247 g/mol. The van der Waals surface area contributed by atoms with E-state index in [0.29, 0.717) is 6.10 Å². The van der Waals surface area contributed by atoms with Crippen molar-refractivity contribution >= 4 is 0 Å². The average molecular weight is 247 g/mol. The van der Waals surface area contributed by atoms with Gasteiger partial charge < -0.3 is 15.2 Å². The lowest BCUT2D eigenvalue weighted by atomic mass is 9.71. The van der Waals surface area contributed by atoms with Crippen LogP contribution in [-0.2, 0) is 4.74 Å². The Hall–Kier alpha value is -1.06. The molecule has 2 N–H and O–H groups in total. The Kier molecular flexibility index (Phi) is 2.83. The van der Waals surface area contributed by atoms with Crippen molar-refractivity contribution in [2.45, 2.75) is 50.9 Å². The molecule has 3 nitrogen and oxygen atoms in total. The Morgan fingerprint density at radius 2 is 2.17 bits per heavy atom. The quantitative estimate of drug-likeness (QED) is 0.874. The van der Waals surface area contributed by atoms with Crippen molar-refractivity contribution in [2.75, 3.05) is 6.61 Å². The lowest BCUT2D eigenvalue weighted by Crippen LogP contribution is -2.55. The van der Waals surface area contributed by atoms with Gasteiger partial charge in [0.05, 0.1) is 6.10 Å². The molecular weight excluding hydrogens is 226 g/mol. The van der Waals surface area contributed by atoms with Crippen molar-refractivity contribution in [3.05, 3.63) is 29.3 Å². The molecule has 1 aliphatic carbocycles. The van der Waals surface area contributed by atoms with E-state index >= 15 is 0 Å². The number of hydrogen-bond acceptors (Lipinski definition) is 3. The van der Waals surface area contributed by atoms with Crippen molar-refractivity contribution in [1.29, 1.82) is 0 Å². The van der Waals surface area contributed by atoms with Crippen LogP contribution < -0.4 is 10.5 Å². The maximum absolute atomic E-state index is 6.30. The Labute approximate surface area is 108 Å². The van der Waals surface area contributed by atoms with Crippen LogP contribution in [0.15, 0.2) is 18.2 Å². The molecule has 1 fully saturated rings. The highest BCUT2D eigenvalue weighted by Crippen LogP contribution is 2.49. The third kappa shape index (κ3) is 1.91. The molecule has 1 heterocycles. The molecule has 3 rings (SSSR count). The molecular formula is C15H21NO2.